The highest BCUT2D eigenvalue weighted by Crippen LogP contribution is 2.31. The molecule has 2 aliphatic heterocycles. The molecule has 1 saturated heterocycles. The van der Waals surface area contributed by atoms with Crippen molar-refractivity contribution in [3.63, 3.8) is 0 Å². The highest BCUT2D eigenvalue weighted by Gasteiger charge is 2.25. The topological polar surface area (TPSA) is 15.7 Å². The normalized spacial score (nSPS) is 20.4. The van der Waals surface area contributed by atoms with Gasteiger partial charge in [0.05, 0.1) is 6.61 Å². The van der Waals surface area contributed by atoms with Crippen LogP contribution in [0.1, 0.15) is 16.7 Å². The molecular weight excluding hydrogens is 308 g/mol. The Hall–Kier alpha value is -2.00. The maximum Gasteiger partial charge on any atom is 0.124 e. The molecule has 5 rings (SSSR count). The second-order valence-corrected chi connectivity index (χ2v) is 7.72. The SMILES string of the molecule is c1ccc2c(c1)CC(CN1CCN(c3ccc4c(c3)OCC4)CC1)C2. The summed E-state index contributed by atoms with van der Waals surface area (Å²) in [5, 5.41) is 0. The Balaban J connectivity index is 1.17. The molecule has 3 aliphatic rings. The van der Waals surface area contributed by atoms with Crippen molar-refractivity contribution in [1.82, 2.24) is 4.90 Å². The molecule has 0 N–H and O–H groups in total. The second kappa shape index (κ2) is 6.38. The fourth-order valence-corrected chi connectivity index (χ4v) is 4.68. The lowest BCUT2D eigenvalue weighted by atomic mass is 10.1. The van der Waals surface area contributed by atoms with Crippen LogP contribution < -0.4 is 9.64 Å². The minimum atomic E-state index is 0.803. The molecule has 0 bridgehead atoms. The zero-order valence-corrected chi connectivity index (χ0v) is 14.8. The van der Waals surface area contributed by atoms with E-state index in [0.29, 0.717) is 0 Å². The largest absolute Gasteiger partial charge is 0.493 e. The molecule has 2 aromatic carbocycles. The fraction of sp³-hybridized carbons (Fsp3) is 0.455. The van der Waals surface area contributed by atoms with Gasteiger partial charge < -0.3 is 9.64 Å². The van der Waals surface area contributed by atoms with Crippen molar-refractivity contribution in [3.8, 4) is 5.75 Å². The first-order valence-corrected chi connectivity index (χ1v) is 9.65. The number of hydrogen-bond acceptors (Lipinski definition) is 3. The molecule has 0 saturated carbocycles. The van der Waals surface area contributed by atoms with E-state index < -0.39 is 0 Å². The number of nitrogens with zero attached hydrogens (tertiary/aromatic N) is 2. The van der Waals surface area contributed by atoms with Crippen LogP contribution in [0.3, 0.4) is 0 Å². The Labute approximate surface area is 150 Å². The van der Waals surface area contributed by atoms with Gasteiger partial charge >= 0.3 is 0 Å². The van der Waals surface area contributed by atoms with Crippen LogP contribution in [-0.4, -0.2) is 44.2 Å². The van der Waals surface area contributed by atoms with E-state index in [-0.39, 0.29) is 0 Å². The van der Waals surface area contributed by atoms with Gasteiger partial charge in [0.2, 0.25) is 0 Å². The highest BCUT2D eigenvalue weighted by atomic mass is 16.5. The number of anilines is 1. The molecule has 3 heteroatoms. The van der Waals surface area contributed by atoms with Gasteiger partial charge in [0, 0.05) is 50.9 Å². The van der Waals surface area contributed by atoms with Crippen molar-refractivity contribution < 1.29 is 4.74 Å². The van der Waals surface area contributed by atoms with E-state index in [1.165, 1.54) is 43.7 Å². The smallest absolute Gasteiger partial charge is 0.124 e. The Morgan fingerprint density at radius 1 is 0.880 bits per heavy atom. The van der Waals surface area contributed by atoms with Crippen LogP contribution in [0, 0.1) is 5.92 Å². The molecule has 1 aliphatic carbocycles. The lowest BCUT2D eigenvalue weighted by Gasteiger charge is -2.37. The Kier molecular flexibility index (Phi) is 3.90. The first-order chi connectivity index (χ1) is 12.3. The van der Waals surface area contributed by atoms with Crippen molar-refractivity contribution in [3.05, 3.63) is 59.2 Å². The van der Waals surface area contributed by atoms with Crippen molar-refractivity contribution in [2.45, 2.75) is 19.3 Å². The zero-order chi connectivity index (χ0) is 16.6. The van der Waals surface area contributed by atoms with Crippen LogP contribution in [0.15, 0.2) is 42.5 Å². The minimum Gasteiger partial charge on any atom is -0.493 e. The number of hydrogen-bond donors (Lipinski definition) is 0. The molecule has 130 valence electrons. The first-order valence-electron chi connectivity index (χ1n) is 9.65. The molecule has 3 nitrogen and oxygen atoms in total. The zero-order valence-electron chi connectivity index (χ0n) is 14.8. The maximum atomic E-state index is 5.73. The Bertz CT molecular complexity index is 739. The molecule has 2 heterocycles. The molecule has 0 atom stereocenters. The number of piperazine rings is 1. The summed E-state index contributed by atoms with van der Waals surface area (Å²) in [6.07, 6.45) is 3.59. The predicted molar refractivity (Wildman–Crippen MR) is 102 cm³/mol. The summed E-state index contributed by atoms with van der Waals surface area (Å²) in [6.45, 7) is 6.68. The third-order valence-electron chi connectivity index (χ3n) is 6.07. The minimum absolute atomic E-state index is 0.803. The standard InChI is InChI=1S/C22H26N2O/c1-2-4-20-14-17(13-19(20)3-1)16-23-8-10-24(11-9-23)21-6-5-18-7-12-25-22(18)15-21/h1-6,15,17H,7-14,16H2. The summed E-state index contributed by atoms with van der Waals surface area (Å²) >= 11 is 0. The third kappa shape index (κ3) is 3.02. The molecule has 0 aromatic heterocycles. The Morgan fingerprint density at radius 2 is 1.64 bits per heavy atom. The highest BCUT2D eigenvalue weighted by molar-refractivity contribution is 5.55. The fourth-order valence-electron chi connectivity index (χ4n) is 4.68. The van der Waals surface area contributed by atoms with E-state index in [4.69, 9.17) is 4.74 Å². The van der Waals surface area contributed by atoms with Crippen LogP contribution in [-0.2, 0) is 19.3 Å². The number of ether oxygens (including phenoxy) is 1. The van der Waals surface area contributed by atoms with E-state index >= 15 is 0 Å². The summed E-state index contributed by atoms with van der Waals surface area (Å²) in [5.74, 6) is 1.90. The van der Waals surface area contributed by atoms with Crippen LogP contribution >= 0.6 is 0 Å². The van der Waals surface area contributed by atoms with Crippen molar-refractivity contribution in [1.29, 1.82) is 0 Å². The van der Waals surface area contributed by atoms with Crippen LogP contribution in [0.5, 0.6) is 5.75 Å². The molecule has 1 fully saturated rings. The molecule has 2 aromatic rings. The van der Waals surface area contributed by atoms with Gasteiger partial charge in [0.1, 0.15) is 5.75 Å². The molecule has 0 radical (unpaired) electrons. The lowest BCUT2D eigenvalue weighted by molar-refractivity contribution is 0.221. The van der Waals surface area contributed by atoms with E-state index in [2.05, 4.69) is 52.3 Å². The number of benzene rings is 2. The quantitative estimate of drug-likeness (QED) is 0.857. The summed E-state index contributed by atoms with van der Waals surface area (Å²) in [4.78, 5) is 5.18. The third-order valence-corrected chi connectivity index (χ3v) is 6.07. The summed E-state index contributed by atoms with van der Waals surface area (Å²) in [6, 6.07) is 15.7. The lowest BCUT2D eigenvalue weighted by Crippen LogP contribution is -2.47. The van der Waals surface area contributed by atoms with E-state index in [1.807, 2.05) is 0 Å². The van der Waals surface area contributed by atoms with Crippen molar-refractivity contribution >= 4 is 5.69 Å². The molecule has 0 spiro atoms. The van der Waals surface area contributed by atoms with Gasteiger partial charge in [0.15, 0.2) is 0 Å². The van der Waals surface area contributed by atoms with Crippen molar-refractivity contribution in [2.75, 3.05) is 44.2 Å². The van der Waals surface area contributed by atoms with Crippen LogP contribution in [0.25, 0.3) is 0 Å². The monoisotopic (exact) mass is 334 g/mol. The van der Waals surface area contributed by atoms with E-state index in [0.717, 1.165) is 37.8 Å². The average molecular weight is 334 g/mol. The molecule has 25 heavy (non-hydrogen) atoms. The summed E-state index contributed by atoms with van der Waals surface area (Å²) in [7, 11) is 0. The van der Waals surface area contributed by atoms with E-state index in [1.54, 1.807) is 11.1 Å². The first kappa shape index (κ1) is 15.3. The Morgan fingerprint density at radius 3 is 2.40 bits per heavy atom. The van der Waals surface area contributed by atoms with Gasteiger partial charge in [-0.3, -0.25) is 4.90 Å². The van der Waals surface area contributed by atoms with Gasteiger partial charge in [-0.25, -0.2) is 0 Å². The molecular formula is C22H26N2O. The van der Waals surface area contributed by atoms with Crippen LogP contribution in [0.2, 0.25) is 0 Å². The average Bonchev–Trinajstić information content (AvgIpc) is 3.27. The number of rotatable bonds is 3. The summed E-state index contributed by atoms with van der Waals surface area (Å²) < 4.78 is 5.73. The van der Waals surface area contributed by atoms with Gasteiger partial charge in [-0.15, -0.1) is 0 Å². The number of fused-ring (bicyclic) bond motifs is 2. The van der Waals surface area contributed by atoms with Gasteiger partial charge in [-0.2, -0.15) is 0 Å². The van der Waals surface area contributed by atoms with Crippen molar-refractivity contribution in [2.24, 2.45) is 5.92 Å². The van der Waals surface area contributed by atoms with E-state index in [9.17, 15) is 0 Å². The molecule has 0 unspecified atom stereocenters. The van der Waals surface area contributed by atoms with Gasteiger partial charge in [-0.05, 0) is 41.5 Å². The molecule has 0 amide bonds. The van der Waals surface area contributed by atoms with Crippen LogP contribution in [0.4, 0.5) is 5.69 Å². The second-order valence-electron chi connectivity index (χ2n) is 7.72. The van der Waals surface area contributed by atoms with Gasteiger partial charge in [0.25, 0.3) is 0 Å². The predicted octanol–water partition coefficient (Wildman–Crippen LogP) is 3.16. The maximum absolute atomic E-state index is 5.73. The van der Waals surface area contributed by atoms with Gasteiger partial charge in [-0.1, -0.05) is 30.3 Å². The summed E-state index contributed by atoms with van der Waals surface area (Å²) in [5.41, 5.74) is 5.84.